The van der Waals surface area contributed by atoms with Gasteiger partial charge in [0.25, 0.3) is 0 Å². The lowest BCUT2D eigenvalue weighted by Gasteiger charge is -2.18. The number of carbonyl (C=O) groups is 1. The Morgan fingerprint density at radius 1 is 1.50 bits per heavy atom. The second kappa shape index (κ2) is 5.35. The number of hydrogen-bond donors (Lipinski definition) is 2. The Labute approximate surface area is 86.4 Å². The van der Waals surface area contributed by atoms with Gasteiger partial charge in [-0.2, -0.15) is 0 Å². The van der Waals surface area contributed by atoms with Crippen molar-refractivity contribution in [3.8, 4) is 0 Å². The summed E-state index contributed by atoms with van der Waals surface area (Å²) in [6.07, 6.45) is 3.84. The highest BCUT2D eigenvalue weighted by Crippen LogP contribution is 2.31. The number of nitrogens with one attached hydrogen (secondary N) is 1. The zero-order chi connectivity index (χ0) is 10.6. The molecule has 0 saturated heterocycles. The van der Waals surface area contributed by atoms with Gasteiger partial charge in [-0.05, 0) is 18.3 Å². The maximum atomic E-state index is 11.6. The standard InChI is InChI=1S/C11H22N2O/c1-8(2)10(7-12)11(14)13-6-5-9-3-4-9/h8-10H,3-7,12H2,1-2H3,(H,13,14). The van der Waals surface area contributed by atoms with Gasteiger partial charge in [-0.1, -0.05) is 26.7 Å². The van der Waals surface area contributed by atoms with Crippen LogP contribution in [0.5, 0.6) is 0 Å². The van der Waals surface area contributed by atoms with E-state index in [1.165, 1.54) is 12.8 Å². The van der Waals surface area contributed by atoms with E-state index in [9.17, 15) is 4.79 Å². The van der Waals surface area contributed by atoms with Crippen molar-refractivity contribution < 1.29 is 4.79 Å². The summed E-state index contributed by atoms with van der Waals surface area (Å²) in [6, 6.07) is 0. The van der Waals surface area contributed by atoms with Crippen LogP contribution >= 0.6 is 0 Å². The van der Waals surface area contributed by atoms with Gasteiger partial charge in [-0.15, -0.1) is 0 Å². The summed E-state index contributed by atoms with van der Waals surface area (Å²) >= 11 is 0. The largest absolute Gasteiger partial charge is 0.356 e. The number of rotatable bonds is 6. The van der Waals surface area contributed by atoms with Gasteiger partial charge < -0.3 is 11.1 Å². The molecular weight excluding hydrogens is 176 g/mol. The second-order valence-corrected chi connectivity index (χ2v) is 4.61. The van der Waals surface area contributed by atoms with Gasteiger partial charge in [-0.3, -0.25) is 4.79 Å². The summed E-state index contributed by atoms with van der Waals surface area (Å²) in [6.45, 7) is 5.36. The molecule has 0 aromatic rings. The quantitative estimate of drug-likeness (QED) is 0.672. The SMILES string of the molecule is CC(C)C(CN)C(=O)NCCC1CC1. The fourth-order valence-electron chi connectivity index (χ4n) is 1.62. The topological polar surface area (TPSA) is 55.1 Å². The Morgan fingerprint density at radius 3 is 2.57 bits per heavy atom. The lowest BCUT2D eigenvalue weighted by atomic mass is 9.95. The molecule has 0 aliphatic heterocycles. The van der Waals surface area contributed by atoms with Crippen molar-refractivity contribution in [3.63, 3.8) is 0 Å². The van der Waals surface area contributed by atoms with E-state index in [0.717, 1.165) is 18.9 Å². The van der Waals surface area contributed by atoms with Gasteiger partial charge in [0.2, 0.25) is 5.91 Å². The van der Waals surface area contributed by atoms with Gasteiger partial charge >= 0.3 is 0 Å². The highest BCUT2D eigenvalue weighted by Gasteiger charge is 2.23. The van der Waals surface area contributed by atoms with E-state index < -0.39 is 0 Å². The van der Waals surface area contributed by atoms with Crippen molar-refractivity contribution in [3.05, 3.63) is 0 Å². The van der Waals surface area contributed by atoms with Crippen LogP contribution in [-0.4, -0.2) is 19.0 Å². The molecule has 3 N–H and O–H groups in total. The molecule has 1 aliphatic carbocycles. The van der Waals surface area contributed by atoms with Gasteiger partial charge in [-0.25, -0.2) is 0 Å². The summed E-state index contributed by atoms with van der Waals surface area (Å²) in [5, 5.41) is 2.97. The Kier molecular flexibility index (Phi) is 4.39. The highest BCUT2D eigenvalue weighted by atomic mass is 16.1. The summed E-state index contributed by atoms with van der Waals surface area (Å²) in [7, 11) is 0. The van der Waals surface area contributed by atoms with E-state index in [1.807, 2.05) is 13.8 Å². The molecule has 14 heavy (non-hydrogen) atoms. The second-order valence-electron chi connectivity index (χ2n) is 4.61. The van der Waals surface area contributed by atoms with Crippen molar-refractivity contribution in [1.82, 2.24) is 5.32 Å². The molecule has 1 amide bonds. The Morgan fingerprint density at radius 2 is 2.14 bits per heavy atom. The number of hydrogen-bond acceptors (Lipinski definition) is 2. The monoisotopic (exact) mass is 198 g/mol. The first-order chi connectivity index (χ1) is 6.65. The zero-order valence-corrected chi connectivity index (χ0v) is 9.25. The van der Waals surface area contributed by atoms with Crippen LogP contribution in [0.15, 0.2) is 0 Å². The summed E-state index contributed by atoms with van der Waals surface area (Å²) in [5.74, 6) is 1.32. The van der Waals surface area contributed by atoms with Crippen LogP contribution in [0.4, 0.5) is 0 Å². The third-order valence-corrected chi connectivity index (χ3v) is 2.94. The lowest BCUT2D eigenvalue weighted by molar-refractivity contribution is -0.125. The minimum absolute atomic E-state index is 0.0193. The Bertz CT molecular complexity index is 188. The minimum Gasteiger partial charge on any atom is -0.356 e. The molecule has 0 spiro atoms. The van der Waals surface area contributed by atoms with Gasteiger partial charge in [0.05, 0.1) is 5.92 Å². The van der Waals surface area contributed by atoms with Gasteiger partial charge in [0, 0.05) is 13.1 Å². The molecule has 1 aliphatic rings. The third kappa shape index (κ3) is 3.66. The van der Waals surface area contributed by atoms with E-state index in [1.54, 1.807) is 0 Å². The normalized spacial score (nSPS) is 18.3. The van der Waals surface area contributed by atoms with E-state index in [2.05, 4.69) is 5.32 Å². The molecule has 82 valence electrons. The molecule has 0 aromatic carbocycles. The van der Waals surface area contributed by atoms with Crippen molar-refractivity contribution in [2.24, 2.45) is 23.5 Å². The molecule has 3 heteroatoms. The van der Waals surface area contributed by atoms with Crippen LogP contribution in [0.1, 0.15) is 33.1 Å². The van der Waals surface area contributed by atoms with Gasteiger partial charge in [0.1, 0.15) is 0 Å². The van der Waals surface area contributed by atoms with E-state index in [4.69, 9.17) is 5.73 Å². The first kappa shape index (κ1) is 11.5. The van der Waals surface area contributed by atoms with Crippen molar-refractivity contribution in [2.45, 2.75) is 33.1 Å². The van der Waals surface area contributed by atoms with Crippen LogP contribution in [0.2, 0.25) is 0 Å². The zero-order valence-electron chi connectivity index (χ0n) is 9.25. The smallest absolute Gasteiger partial charge is 0.224 e. The number of nitrogens with two attached hydrogens (primary N) is 1. The number of amides is 1. The summed E-state index contributed by atoms with van der Waals surface area (Å²) < 4.78 is 0. The summed E-state index contributed by atoms with van der Waals surface area (Å²) in [5.41, 5.74) is 5.56. The molecule has 3 nitrogen and oxygen atoms in total. The van der Waals surface area contributed by atoms with E-state index >= 15 is 0 Å². The van der Waals surface area contributed by atoms with Crippen molar-refractivity contribution >= 4 is 5.91 Å². The lowest BCUT2D eigenvalue weighted by Crippen LogP contribution is -2.38. The number of carbonyl (C=O) groups excluding carboxylic acids is 1. The van der Waals surface area contributed by atoms with E-state index in [-0.39, 0.29) is 11.8 Å². The van der Waals surface area contributed by atoms with Gasteiger partial charge in [0.15, 0.2) is 0 Å². The first-order valence-corrected chi connectivity index (χ1v) is 5.63. The molecule has 0 radical (unpaired) electrons. The average Bonchev–Trinajstić information content (AvgIpc) is 2.88. The molecule has 0 heterocycles. The molecule has 0 bridgehead atoms. The maximum Gasteiger partial charge on any atom is 0.224 e. The molecule has 1 saturated carbocycles. The fraction of sp³-hybridized carbons (Fsp3) is 0.909. The first-order valence-electron chi connectivity index (χ1n) is 5.63. The van der Waals surface area contributed by atoms with Crippen LogP contribution in [0, 0.1) is 17.8 Å². The Balaban J connectivity index is 2.16. The Hall–Kier alpha value is -0.570. The molecule has 1 unspecified atom stereocenters. The molecule has 1 rings (SSSR count). The molecule has 1 atom stereocenters. The predicted octanol–water partition coefficient (Wildman–Crippen LogP) is 1.13. The molecule has 0 aromatic heterocycles. The van der Waals surface area contributed by atoms with Crippen LogP contribution in [0.25, 0.3) is 0 Å². The molecular formula is C11H22N2O. The fourth-order valence-corrected chi connectivity index (χ4v) is 1.62. The summed E-state index contributed by atoms with van der Waals surface area (Å²) in [4.78, 5) is 11.6. The van der Waals surface area contributed by atoms with Crippen molar-refractivity contribution in [1.29, 1.82) is 0 Å². The third-order valence-electron chi connectivity index (χ3n) is 2.94. The predicted molar refractivity (Wildman–Crippen MR) is 57.7 cm³/mol. The molecule has 1 fully saturated rings. The van der Waals surface area contributed by atoms with E-state index in [0.29, 0.717) is 12.5 Å². The van der Waals surface area contributed by atoms with Crippen LogP contribution in [-0.2, 0) is 4.79 Å². The van der Waals surface area contributed by atoms with Crippen LogP contribution in [0.3, 0.4) is 0 Å². The highest BCUT2D eigenvalue weighted by molar-refractivity contribution is 5.79. The maximum absolute atomic E-state index is 11.6. The van der Waals surface area contributed by atoms with Crippen molar-refractivity contribution in [2.75, 3.05) is 13.1 Å². The average molecular weight is 198 g/mol. The minimum atomic E-state index is -0.0193. The van der Waals surface area contributed by atoms with Crippen LogP contribution < -0.4 is 11.1 Å².